The SMILES string of the molecule is CC12CCC(=O)C=C1C=CC1(C)C2CCC2(C)C(O)C3OC3C12. The Morgan fingerprint density at radius 1 is 1.22 bits per heavy atom. The van der Waals surface area contributed by atoms with Crippen LogP contribution in [-0.4, -0.2) is 29.2 Å². The number of ether oxygens (including phenoxy) is 1. The highest BCUT2D eigenvalue weighted by Crippen LogP contribution is 2.72. The molecular weight excluding hydrogens is 288 g/mol. The molecule has 5 rings (SSSR count). The molecule has 23 heavy (non-hydrogen) atoms. The highest BCUT2D eigenvalue weighted by Gasteiger charge is 2.74. The predicted octanol–water partition coefficient (Wildman–Crippen LogP) is 3.03. The van der Waals surface area contributed by atoms with Crippen molar-refractivity contribution in [3.63, 3.8) is 0 Å². The molecule has 0 aromatic carbocycles. The summed E-state index contributed by atoms with van der Waals surface area (Å²) in [6, 6.07) is 0. The van der Waals surface area contributed by atoms with Crippen LogP contribution in [0.3, 0.4) is 0 Å². The second-order valence-electron chi connectivity index (χ2n) is 9.27. The summed E-state index contributed by atoms with van der Waals surface area (Å²) in [6.07, 6.45) is 10.3. The van der Waals surface area contributed by atoms with Crippen molar-refractivity contribution in [2.24, 2.45) is 28.1 Å². The fourth-order valence-electron chi connectivity index (χ4n) is 6.99. The lowest BCUT2D eigenvalue weighted by molar-refractivity contribution is -0.132. The van der Waals surface area contributed by atoms with E-state index in [2.05, 4.69) is 32.9 Å². The Kier molecular flexibility index (Phi) is 2.51. The molecule has 8 atom stereocenters. The molecule has 4 aliphatic carbocycles. The smallest absolute Gasteiger partial charge is 0.156 e. The Morgan fingerprint density at radius 2 is 2.00 bits per heavy atom. The molecule has 3 fully saturated rings. The van der Waals surface area contributed by atoms with Crippen LogP contribution in [0.1, 0.15) is 46.5 Å². The summed E-state index contributed by atoms with van der Waals surface area (Å²) < 4.78 is 5.85. The first-order chi connectivity index (χ1) is 10.8. The fraction of sp³-hybridized carbons (Fsp3) is 0.750. The van der Waals surface area contributed by atoms with Crippen LogP contribution >= 0.6 is 0 Å². The minimum absolute atomic E-state index is 0.0226. The van der Waals surface area contributed by atoms with Gasteiger partial charge in [0.15, 0.2) is 5.78 Å². The van der Waals surface area contributed by atoms with Gasteiger partial charge in [0.2, 0.25) is 0 Å². The summed E-state index contributed by atoms with van der Waals surface area (Å²) in [5, 5.41) is 10.7. The van der Waals surface area contributed by atoms with Gasteiger partial charge in [-0.2, -0.15) is 0 Å². The van der Waals surface area contributed by atoms with Crippen molar-refractivity contribution in [3.8, 4) is 0 Å². The Bertz CT molecular complexity index is 664. The summed E-state index contributed by atoms with van der Waals surface area (Å²) >= 11 is 0. The highest BCUT2D eigenvalue weighted by atomic mass is 16.6. The van der Waals surface area contributed by atoms with E-state index in [1.165, 1.54) is 5.57 Å². The van der Waals surface area contributed by atoms with E-state index in [4.69, 9.17) is 4.74 Å². The molecule has 0 amide bonds. The Labute approximate surface area is 137 Å². The number of allylic oxidation sites excluding steroid dienone is 4. The molecule has 0 aromatic heterocycles. The molecule has 0 spiro atoms. The zero-order valence-electron chi connectivity index (χ0n) is 14.2. The van der Waals surface area contributed by atoms with E-state index >= 15 is 0 Å². The first-order valence-corrected chi connectivity index (χ1v) is 9.08. The van der Waals surface area contributed by atoms with Crippen molar-refractivity contribution in [2.45, 2.75) is 64.8 Å². The topological polar surface area (TPSA) is 49.8 Å². The maximum absolute atomic E-state index is 11.9. The van der Waals surface area contributed by atoms with Crippen LogP contribution in [-0.2, 0) is 9.53 Å². The number of rotatable bonds is 0. The van der Waals surface area contributed by atoms with Gasteiger partial charge in [-0.25, -0.2) is 0 Å². The first kappa shape index (κ1) is 14.4. The second kappa shape index (κ2) is 4.00. The average molecular weight is 314 g/mol. The molecule has 2 saturated carbocycles. The molecule has 1 heterocycles. The maximum atomic E-state index is 11.9. The normalized spacial score (nSPS) is 59.6. The van der Waals surface area contributed by atoms with Crippen LogP contribution in [0.15, 0.2) is 23.8 Å². The second-order valence-corrected chi connectivity index (χ2v) is 9.27. The van der Waals surface area contributed by atoms with E-state index in [1.54, 1.807) is 0 Å². The number of ketones is 1. The number of hydrogen-bond donors (Lipinski definition) is 1. The Hall–Kier alpha value is -0.930. The van der Waals surface area contributed by atoms with Gasteiger partial charge in [-0.05, 0) is 47.7 Å². The predicted molar refractivity (Wildman–Crippen MR) is 86.7 cm³/mol. The lowest BCUT2D eigenvalue weighted by Crippen LogP contribution is -2.57. The van der Waals surface area contributed by atoms with Crippen molar-refractivity contribution in [1.29, 1.82) is 0 Å². The summed E-state index contributed by atoms with van der Waals surface area (Å²) in [5.74, 6) is 1.20. The third-order valence-corrected chi connectivity index (χ3v) is 8.24. The molecular formula is C20H26O3. The molecule has 0 aromatic rings. The molecule has 0 radical (unpaired) electrons. The number of carbonyl (C=O) groups is 1. The van der Waals surface area contributed by atoms with Crippen LogP contribution < -0.4 is 0 Å². The largest absolute Gasteiger partial charge is 0.390 e. The van der Waals surface area contributed by atoms with Gasteiger partial charge < -0.3 is 9.84 Å². The number of epoxide rings is 1. The highest BCUT2D eigenvalue weighted by molar-refractivity contribution is 5.92. The lowest BCUT2D eigenvalue weighted by atomic mass is 9.43. The first-order valence-electron chi connectivity index (χ1n) is 9.08. The fourth-order valence-corrected chi connectivity index (χ4v) is 6.99. The zero-order chi connectivity index (χ0) is 16.2. The third kappa shape index (κ3) is 1.52. The third-order valence-electron chi connectivity index (χ3n) is 8.24. The van der Waals surface area contributed by atoms with E-state index in [0.29, 0.717) is 18.3 Å². The monoisotopic (exact) mass is 314 g/mol. The molecule has 1 saturated heterocycles. The van der Waals surface area contributed by atoms with E-state index < -0.39 is 0 Å². The molecule has 3 heteroatoms. The van der Waals surface area contributed by atoms with Crippen LogP contribution in [0, 0.1) is 28.1 Å². The van der Waals surface area contributed by atoms with Gasteiger partial charge in [0.05, 0.1) is 12.2 Å². The number of fused-ring (bicyclic) bond motifs is 7. The van der Waals surface area contributed by atoms with Gasteiger partial charge in [0, 0.05) is 17.8 Å². The van der Waals surface area contributed by atoms with Crippen LogP contribution in [0.25, 0.3) is 0 Å². The van der Waals surface area contributed by atoms with Gasteiger partial charge in [-0.3, -0.25) is 4.79 Å². The quantitative estimate of drug-likeness (QED) is 0.699. The minimum atomic E-state index is -0.318. The van der Waals surface area contributed by atoms with Crippen molar-refractivity contribution in [2.75, 3.05) is 0 Å². The lowest BCUT2D eigenvalue weighted by Gasteiger charge is -2.61. The van der Waals surface area contributed by atoms with Gasteiger partial charge >= 0.3 is 0 Å². The van der Waals surface area contributed by atoms with E-state index in [9.17, 15) is 9.90 Å². The number of aliphatic hydroxyl groups excluding tert-OH is 1. The maximum Gasteiger partial charge on any atom is 0.156 e. The van der Waals surface area contributed by atoms with Gasteiger partial charge in [0.1, 0.15) is 6.10 Å². The molecule has 1 aliphatic heterocycles. The summed E-state index contributed by atoms with van der Waals surface area (Å²) in [5.41, 5.74) is 1.35. The number of carbonyl (C=O) groups excluding carboxylic acids is 1. The van der Waals surface area contributed by atoms with Gasteiger partial charge in [-0.15, -0.1) is 0 Å². The van der Waals surface area contributed by atoms with Gasteiger partial charge in [-0.1, -0.05) is 32.9 Å². The van der Waals surface area contributed by atoms with Crippen molar-refractivity contribution >= 4 is 5.78 Å². The number of hydrogen-bond acceptors (Lipinski definition) is 3. The van der Waals surface area contributed by atoms with Crippen molar-refractivity contribution in [3.05, 3.63) is 23.8 Å². The van der Waals surface area contributed by atoms with E-state index in [-0.39, 0.29) is 40.3 Å². The molecule has 3 nitrogen and oxygen atoms in total. The van der Waals surface area contributed by atoms with Crippen molar-refractivity contribution < 1.29 is 14.6 Å². The van der Waals surface area contributed by atoms with E-state index in [1.807, 2.05) is 6.08 Å². The van der Waals surface area contributed by atoms with Gasteiger partial charge in [0.25, 0.3) is 0 Å². The zero-order valence-corrected chi connectivity index (χ0v) is 14.2. The molecule has 5 aliphatic rings. The minimum Gasteiger partial charge on any atom is -0.390 e. The summed E-state index contributed by atoms with van der Waals surface area (Å²) in [6.45, 7) is 7.01. The summed E-state index contributed by atoms with van der Waals surface area (Å²) in [4.78, 5) is 11.9. The number of aliphatic hydroxyl groups is 1. The molecule has 8 unspecified atom stereocenters. The Morgan fingerprint density at radius 3 is 2.78 bits per heavy atom. The Balaban J connectivity index is 1.65. The van der Waals surface area contributed by atoms with Crippen LogP contribution in [0.2, 0.25) is 0 Å². The average Bonchev–Trinajstić information content (AvgIpc) is 3.22. The summed E-state index contributed by atoms with van der Waals surface area (Å²) in [7, 11) is 0. The van der Waals surface area contributed by atoms with Crippen LogP contribution in [0.5, 0.6) is 0 Å². The standard InChI is InChI=1S/C20H26O3/c1-18-8-5-12(21)10-11(18)4-7-19(2)13(18)6-9-20(3)16(19)14-15(23-14)17(20)22/h4,7,10,13-17,22H,5-6,8-9H2,1-3H3. The molecule has 0 bridgehead atoms. The molecule has 124 valence electrons. The van der Waals surface area contributed by atoms with Crippen LogP contribution in [0.4, 0.5) is 0 Å². The van der Waals surface area contributed by atoms with E-state index in [0.717, 1.165) is 19.3 Å². The van der Waals surface area contributed by atoms with Crippen molar-refractivity contribution in [1.82, 2.24) is 0 Å². The molecule has 1 N–H and O–H groups in total.